The summed E-state index contributed by atoms with van der Waals surface area (Å²) in [6.45, 7) is 4.60. The van der Waals surface area contributed by atoms with Gasteiger partial charge in [-0.3, -0.25) is 9.69 Å². The maximum atomic E-state index is 12.8. The van der Waals surface area contributed by atoms with Gasteiger partial charge in [0.2, 0.25) is 0 Å². The van der Waals surface area contributed by atoms with Gasteiger partial charge in [0.25, 0.3) is 5.91 Å². The average molecular weight is 380 g/mol. The van der Waals surface area contributed by atoms with Crippen LogP contribution in [0.15, 0.2) is 48.5 Å². The molecular formula is C23H28N2O3. The summed E-state index contributed by atoms with van der Waals surface area (Å²) in [5, 5.41) is 12.3. The fourth-order valence-corrected chi connectivity index (χ4v) is 4.36. The molecule has 0 bridgehead atoms. The molecule has 0 spiro atoms. The van der Waals surface area contributed by atoms with Crippen LogP contribution in [-0.4, -0.2) is 60.4 Å². The zero-order chi connectivity index (χ0) is 19.5. The van der Waals surface area contributed by atoms with Crippen molar-refractivity contribution in [2.24, 2.45) is 0 Å². The number of benzene rings is 2. The Kier molecular flexibility index (Phi) is 5.76. The van der Waals surface area contributed by atoms with Gasteiger partial charge >= 0.3 is 0 Å². The monoisotopic (exact) mass is 380 g/mol. The first-order valence-corrected chi connectivity index (χ1v) is 10.1. The van der Waals surface area contributed by atoms with Crippen molar-refractivity contribution < 1.29 is 14.6 Å². The second-order valence-electron chi connectivity index (χ2n) is 7.88. The van der Waals surface area contributed by atoms with E-state index in [9.17, 15) is 4.79 Å². The van der Waals surface area contributed by atoms with Crippen molar-refractivity contribution in [3.05, 3.63) is 59.7 Å². The Morgan fingerprint density at radius 1 is 1.21 bits per heavy atom. The summed E-state index contributed by atoms with van der Waals surface area (Å²) in [5.74, 6) is -0.0203. The lowest BCUT2D eigenvalue weighted by atomic mass is 9.98. The number of aliphatic hydroxyl groups is 1. The largest absolute Gasteiger partial charge is 0.396 e. The highest BCUT2D eigenvalue weighted by Crippen LogP contribution is 2.26. The summed E-state index contributed by atoms with van der Waals surface area (Å²) < 4.78 is 5.83. The highest BCUT2D eigenvalue weighted by Gasteiger charge is 2.37. The van der Waals surface area contributed by atoms with Crippen LogP contribution < -0.4 is 5.32 Å². The van der Waals surface area contributed by atoms with E-state index in [0.29, 0.717) is 24.6 Å². The van der Waals surface area contributed by atoms with E-state index in [1.807, 2.05) is 36.4 Å². The zero-order valence-electron chi connectivity index (χ0n) is 16.3. The third kappa shape index (κ3) is 4.12. The van der Waals surface area contributed by atoms with Gasteiger partial charge in [-0.05, 0) is 48.6 Å². The maximum Gasteiger partial charge on any atom is 0.251 e. The maximum absolute atomic E-state index is 12.8. The van der Waals surface area contributed by atoms with Gasteiger partial charge in [-0.1, -0.05) is 36.4 Å². The molecule has 2 heterocycles. The molecule has 0 aliphatic carbocycles. The summed E-state index contributed by atoms with van der Waals surface area (Å²) in [6.07, 6.45) is 1.68. The Bertz CT molecular complexity index is 838. The number of rotatable bonds is 5. The van der Waals surface area contributed by atoms with Crippen LogP contribution in [-0.2, 0) is 4.74 Å². The molecule has 2 aromatic carbocycles. The van der Waals surface area contributed by atoms with Crippen LogP contribution in [0.5, 0.6) is 0 Å². The van der Waals surface area contributed by atoms with Crippen LogP contribution in [0.3, 0.4) is 0 Å². The molecular weight excluding hydrogens is 352 g/mol. The minimum Gasteiger partial charge on any atom is -0.396 e. The first-order chi connectivity index (χ1) is 13.6. The Morgan fingerprint density at radius 3 is 2.89 bits per heavy atom. The third-order valence-electron chi connectivity index (χ3n) is 5.86. The molecule has 3 atom stereocenters. The van der Waals surface area contributed by atoms with Crippen molar-refractivity contribution in [2.45, 2.75) is 38.0 Å². The van der Waals surface area contributed by atoms with E-state index in [2.05, 4.69) is 29.3 Å². The molecule has 2 aliphatic heterocycles. The van der Waals surface area contributed by atoms with Crippen molar-refractivity contribution in [1.29, 1.82) is 0 Å². The number of morpholine rings is 1. The molecule has 2 saturated heterocycles. The number of ether oxygens (including phenoxy) is 1. The molecule has 0 aromatic heterocycles. The number of hydrogen-bond acceptors (Lipinski definition) is 4. The second kappa shape index (κ2) is 8.43. The van der Waals surface area contributed by atoms with E-state index in [-0.39, 0.29) is 24.7 Å². The molecule has 5 nitrogen and oxygen atoms in total. The molecule has 5 heteroatoms. The molecule has 1 amide bonds. The highest BCUT2D eigenvalue weighted by atomic mass is 16.5. The summed E-state index contributed by atoms with van der Waals surface area (Å²) in [6, 6.07) is 16.6. The number of carbonyl (C=O) groups is 1. The molecule has 0 radical (unpaired) electrons. The number of nitrogens with zero attached hydrogens (tertiary/aromatic N) is 1. The number of aliphatic hydroxyl groups excluding tert-OH is 1. The van der Waals surface area contributed by atoms with Gasteiger partial charge in [0, 0.05) is 37.3 Å². The topological polar surface area (TPSA) is 61.8 Å². The SMILES string of the molecule is Cc1ccccc1-c1cccc(C(=O)N[C@H]2C[C@H]3CO[C@@H](CCO)CN3C2)c1. The molecule has 2 fully saturated rings. The van der Waals surface area contributed by atoms with Crippen molar-refractivity contribution in [2.75, 3.05) is 26.3 Å². The molecule has 2 aliphatic rings. The van der Waals surface area contributed by atoms with E-state index >= 15 is 0 Å². The van der Waals surface area contributed by atoms with Gasteiger partial charge in [-0.25, -0.2) is 0 Å². The normalized spacial score (nSPS) is 24.7. The van der Waals surface area contributed by atoms with Crippen LogP contribution >= 0.6 is 0 Å². The van der Waals surface area contributed by atoms with E-state index in [4.69, 9.17) is 9.84 Å². The fourth-order valence-electron chi connectivity index (χ4n) is 4.36. The number of amides is 1. The van der Waals surface area contributed by atoms with Gasteiger partial charge in [0.1, 0.15) is 0 Å². The predicted octanol–water partition coefficient (Wildman–Crippen LogP) is 2.62. The lowest BCUT2D eigenvalue weighted by Crippen LogP contribution is -2.46. The van der Waals surface area contributed by atoms with Gasteiger partial charge in [0.15, 0.2) is 0 Å². The van der Waals surface area contributed by atoms with Crippen LogP contribution in [0, 0.1) is 6.92 Å². The highest BCUT2D eigenvalue weighted by molar-refractivity contribution is 5.95. The Hall–Kier alpha value is -2.21. The molecule has 28 heavy (non-hydrogen) atoms. The minimum absolute atomic E-state index is 0.0203. The van der Waals surface area contributed by atoms with Gasteiger partial charge in [-0.15, -0.1) is 0 Å². The fraction of sp³-hybridized carbons (Fsp3) is 0.435. The molecule has 2 N–H and O–H groups in total. The summed E-state index contributed by atoms with van der Waals surface area (Å²) >= 11 is 0. The standard InChI is InChI=1S/C23H28N2O3/c1-16-5-2-3-8-22(16)17-6-4-7-18(11-17)23(27)24-19-12-20-15-28-21(9-10-26)14-25(20)13-19/h2-8,11,19-21,26H,9-10,12-15H2,1H3,(H,24,27)/t19-,20-,21-/m0/s1. The lowest BCUT2D eigenvalue weighted by molar-refractivity contribution is -0.0566. The molecule has 0 saturated carbocycles. The van der Waals surface area contributed by atoms with Crippen molar-refractivity contribution in [3.8, 4) is 11.1 Å². The summed E-state index contributed by atoms with van der Waals surface area (Å²) in [5.41, 5.74) is 4.11. The number of aryl methyl sites for hydroxylation is 1. The predicted molar refractivity (Wildman–Crippen MR) is 109 cm³/mol. The van der Waals surface area contributed by atoms with E-state index in [1.165, 1.54) is 5.56 Å². The van der Waals surface area contributed by atoms with Crippen LogP contribution in [0.1, 0.15) is 28.8 Å². The smallest absolute Gasteiger partial charge is 0.251 e. The Labute approximate surface area is 166 Å². The van der Waals surface area contributed by atoms with Crippen molar-refractivity contribution in [1.82, 2.24) is 10.2 Å². The second-order valence-corrected chi connectivity index (χ2v) is 7.88. The lowest BCUT2D eigenvalue weighted by Gasteiger charge is -2.34. The quantitative estimate of drug-likeness (QED) is 0.837. The van der Waals surface area contributed by atoms with E-state index < -0.39 is 0 Å². The first-order valence-electron chi connectivity index (χ1n) is 10.1. The number of carbonyl (C=O) groups excluding carboxylic acids is 1. The van der Waals surface area contributed by atoms with Crippen LogP contribution in [0.2, 0.25) is 0 Å². The molecule has 2 aromatic rings. The van der Waals surface area contributed by atoms with Crippen molar-refractivity contribution in [3.63, 3.8) is 0 Å². The van der Waals surface area contributed by atoms with Gasteiger partial charge in [0.05, 0.1) is 12.7 Å². The van der Waals surface area contributed by atoms with E-state index in [0.717, 1.165) is 30.6 Å². The first kappa shape index (κ1) is 19.1. The number of nitrogens with one attached hydrogen (secondary N) is 1. The third-order valence-corrected chi connectivity index (χ3v) is 5.86. The Balaban J connectivity index is 1.41. The van der Waals surface area contributed by atoms with Crippen LogP contribution in [0.25, 0.3) is 11.1 Å². The molecule has 148 valence electrons. The minimum atomic E-state index is -0.0203. The Morgan fingerprint density at radius 2 is 2.07 bits per heavy atom. The van der Waals surface area contributed by atoms with Crippen LogP contribution in [0.4, 0.5) is 0 Å². The van der Waals surface area contributed by atoms with E-state index in [1.54, 1.807) is 0 Å². The number of hydrogen-bond donors (Lipinski definition) is 2. The number of fused-ring (bicyclic) bond motifs is 1. The van der Waals surface area contributed by atoms with Crippen molar-refractivity contribution >= 4 is 5.91 Å². The molecule has 4 rings (SSSR count). The summed E-state index contributed by atoms with van der Waals surface area (Å²) in [4.78, 5) is 15.2. The average Bonchev–Trinajstić information content (AvgIpc) is 3.10. The summed E-state index contributed by atoms with van der Waals surface area (Å²) in [7, 11) is 0. The van der Waals surface area contributed by atoms with Gasteiger partial charge < -0.3 is 15.2 Å². The molecule has 0 unspecified atom stereocenters. The van der Waals surface area contributed by atoms with Gasteiger partial charge in [-0.2, -0.15) is 0 Å². The zero-order valence-corrected chi connectivity index (χ0v) is 16.3.